The standard InChI is InChI=1S/C20H31N5O2/c1-16-4-5-19(22-21-16)23-9-6-18(7-10-23)25-8-2-3-17(15-25)20(26)24-11-13-27-14-12-24/h4-5,17-18H,2-3,6-15H2,1H3. The minimum Gasteiger partial charge on any atom is -0.378 e. The molecule has 148 valence electrons. The van der Waals surface area contributed by atoms with E-state index in [2.05, 4.69) is 26.1 Å². The van der Waals surface area contributed by atoms with Crippen molar-refractivity contribution in [3.8, 4) is 0 Å². The zero-order chi connectivity index (χ0) is 18.6. The summed E-state index contributed by atoms with van der Waals surface area (Å²) in [6.07, 6.45) is 4.43. The van der Waals surface area contributed by atoms with E-state index in [1.807, 2.05) is 17.9 Å². The third kappa shape index (κ3) is 4.41. The second kappa shape index (κ2) is 8.52. The molecule has 3 fully saturated rings. The van der Waals surface area contributed by atoms with Gasteiger partial charge in [-0.05, 0) is 51.3 Å². The molecule has 0 aromatic carbocycles. The van der Waals surface area contributed by atoms with Crippen LogP contribution in [0.3, 0.4) is 0 Å². The number of ether oxygens (including phenoxy) is 1. The van der Waals surface area contributed by atoms with E-state index in [0.717, 1.165) is 76.5 Å². The fourth-order valence-electron chi connectivity index (χ4n) is 4.60. The van der Waals surface area contributed by atoms with Crippen LogP contribution < -0.4 is 4.90 Å². The lowest BCUT2D eigenvalue weighted by Crippen LogP contribution is -2.52. The van der Waals surface area contributed by atoms with Gasteiger partial charge >= 0.3 is 0 Å². The molecule has 3 aliphatic heterocycles. The second-order valence-corrected chi connectivity index (χ2v) is 8.02. The number of rotatable bonds is 3. The SMILES string of the molecule is Cc1ccc(N2CCC(N3CCCC(C(=O)N4CCOCC4)C3)CC2)nn1. The fraction of sp³-hybridized carbons (Fsp3) is 0.750. The molecule has 7 nitrogen and oxygen atoms in total. The average Bonchev–Trinajstić information content (AvgIpc) is 2.75. The summed E-state index contributed by atoms with van der Waals surface area (Å²) >= 11 is 0. The summed E-state index contributed by atoms with van der Waals surface area (Å²) in [4.78, 5) is 19.8. The molecule has 27 heavy (non-hydrogen) atoms. The van der Waals surface area contributed by atoms with E-state index in [9.17, 15) is 4.79 Å². The van der Waals surface area contributed by atoms with Crippen LogP contribution in [-0.2, 0) is 9.53 Å². The van der Waals surface area contributed by atoms with Gasteiger partial charge < -0.3 is 14.5 Å². The van der Waals surface area contributed by atoms with Crippen LogP contribution in [0.4, 0.5) is 5.82 Å². The molecule has 0 bridgehead atoms. The lowest BCUT2D eigenvalue weighted by Gasteiger charge is -2.43. The number of likely N-dealkylation sites (tertiary alicyclic amines) is 1. The maximum absolute atomic E-state index is 12.9. The smallest absolute Gasteiger partial charge is 0.227 e. The van der Waals surface area contributed by atoms with E-state index in [1.54, 1.807) is 0 Å². The Bertz CT molecular complexity index is 624. The minimum absolute atomic E-state index is 0.165. The molecule has 0 saturated carbocycles. The van der Waals surface area contributed by atoms with Crippen LogP contribution in [-0.4, -0.2) is 84.4 Å². The Labute approximate surface area is 161 Å². The fourth-order valence-corrected chi connectivity index (χ4v) is 4.60. The lowest BCUT2D eigenvalue weighted by atomic mass is 9.92. The number of nitrogens with zero attached hydrogens (tertiary/aromatic N) is 5. The number of morpholine rings is 1. The minimum atomic E-state index is 0.165. The predicted molar refractivity (Wildman–Crippen MR) is 104 cm³/mol. The van der Waals surface area contributed by atoms with Crippen LogP contribution in [0.15, 0.2) is 12.1 Å². The maximum atomic E-state index is 12.9. The third-order valence-corrected chi connectivity index (χ3v) is 6.21. The van der Waals surface area contributed by atoms with Gasteiger partial charge in [-0.25, -0.2) is 0 Å². The van der Waals surface area contributed by atoms with Crippen molar-refractivity contribution in [3.63, 3.8) is 0 Å². The van der Waals surface area contributed by atoms with Crippen molar-refractivity contribution in [3.05, 3.63) is 17.8 Å². The van der Waals surface area contributed by atoms with Gasteiger partial charge in [0.2, 0.25) is 5.91 Å². The van der Waals surface area contributed by atoms with Crippen molar-refractivity contribution in [1.82, 2.24) is 20.0 Å². The highest BCUT2D eigenvalue weighted by molar-refractivity contribution is 5.79. The highest BCUT2D eigenvalue weighted by Gasteiger charge is 2.34. The van der Waals surface area contributed by atoms with Crippen molar-refractivity contribution < 1.29 is 9.53 Å². The van der Waals surface area contributed by atoms with E-state index in [1.165, 1.54) is 0 Å². The van der Waals surface area contributed by atoms with Crippen molar-refractivity contribution >= 4 is 11.7 Å². The molecule has 0 radical (unpaired) electrons. The molecule has 4 heterocycles. The normalized spacial score (nSPS) is 25.6. The monoisotopic (exact) mass is 373 g/mol. The quantitative estimate of drug-likeness (QED) is 0.797. The molecule has 1 unspecified atom stereocenters. The Hall–Kier alpha value is -1.73. The van der Waals surface area contributed by atoms with Gasteiger partial charge in [-0.3, -0.25) is 9.69 Å². The number of piperidine rings is 2. The van der Waals surface area contributed by atoms with Gasteiger partial charge in [-0.1, -0.05) is 0 Å². The highest BCUT2D eigenvalue weighted by atomic mass is 16.5. The van der Waals surface area contributed by atoms with Crippen molar-refractivity contribution in [2.45, 2.75) is 38.6 Å². The van der Waals surface area contributed by atoms with E-state index in [-0.39, 0.29) is 5.92 Å². The first-order valence-corrected chi connectivity index (χ1v) is 10.4. The summed E-state index contributed by atoms with van der Waals surface area (Å²) in [7, 11) is 0. The van der Waals surface area contributed by atoms with Crippen LogP contribution in [0.2, 0.25) is 0 Å². The number of hydrogen-bond acceptors (Lipinski definition) is 6. The number of amides is 1. The molecule has 1 amide bonds. The molecular weight excluding hydrogens is 342 g/mol. The van der Waals surface area contributed by atoms with Crippen LogP contribution in [0.5, 0.6) is 0 Å². The third-order valence-electron chi connectivity index (χ3n) is 6.21. The van der Waals surface area contributed by atoms with Crippen molar-refractivity contribution in [2.24, 2.45) is 5.92 Å². The summed E-state index contributed by atoms with van der Waals surface area (Å²) in [6, 6.07) is 4.68. The molecule has 4 rings (SSSR count). The summed E-state index contributed by atoms with van der Waals surface area (Å²) in [5, 5.41) is 8.51. The van der Waals surface area contributed by atoms with Gasteiger partial charge in [-0.15, -0.1) is 5.10 Å². The Morgan fingerprint density at radius 3 is 2.52 bits per heavy atom. The largest absolute Gasteiger partial charge is 0.378 e. The van der Waals surface area contributed by atoms with Gasteiger partial charge in [0.05, 0.1) is 24.8 Å². The van der Waals surface area contributed by atoms with Crippen LogP contribution >= 0.6 is 0 Å². The lowest BCUT2D eigenvalue weighted by molar-refractivity contribution is -0.141. The van der Waals surface area contributed by atoms with Gasteiger partial charge in [0, 0.05) is 38.8 Å². The maximum Gasteiger partial charge on any atom is 0.227 e. The Morgan fingerprint density at radius 2 is 1.81 bits per heavy atom. The Morgan fingerprint density at radius 1 is 1.04 bits per heavy atom. The first-order valence-electron chi connectivity index (χ1n) is 10.4. The van der Waals surface area contributed by atoms with Gasteiger partial charge in [0.25, 0.3) is 0 Å². The molecule has 0 aliphatic carbocycles. The molecule has 1 atom stereocenters. The zero-order valence-corrected chi connectivity index (χ0v) is 16.3. The number of aromatic nitrogens is 2. The van der Waals surface area contributed by atoms with Gasteiger partial charge in [0.15, 0.2) is 5.82 Å². The second-order valence-electron chi connectivity index (χ2n) is 8.02. The first-order chi connectivity index (χ1) is 13.2. The van der Waals surface area contributed by atoms with E-state index >= 15 is 0 Å². The van der Waals surface area contributed by atoms with Crippen molar-refractivity contribution in [2.75, 3.05) is 57.4 Å². The van der Waals surface area contributed by atoms with Crippen LogP contribution in [0, 0.1) is 12.8 Å². The number of hydrogen-bond donors (Lipinski definition) is 0. The van der Waals surface area contributed by atoms with Gasteiger partial charge in [-0.2, -0.15) is 5.10 Å². The number of carbonyl (C=O) groups excluding carboxylic acids is 1. The molecule has 3 saturated heterocycles. The molecule has 1 aromatic heterocycles. The number of carbonyl (C=O) groups is 1. The van der Waals surface area contributed by atoms with Crippen LogP contribution in [0.1, 0.15) is 31.4 Å². The molecular formula is C20H31N5O2. The first kappa shape index (κ1) is 18.6. The molecule has 1 aromatic rings. The Balaban J connectivity index is 1.30. The number of aryl methyl sites for hydroxylation is 1. The summed E-state index contributed by atoms with van der Waals surface area (Å²) in [5.74, 6) is 1.49. The highest BCUT2D eigenvalue weighted by Crippen LogP contribution is 2.26. The van der Waals surface area contributed by atoms with Crippen molar-refractivity contribution in [1.29, 1.82) is 0 Å². The van der Waals surface area contributed by atoms with E-state index in [0.29, 0.717) is 25.2 Å². The molecule has 7 heteroatoms. The zero-order valence-electron chi connectivity index (χ0n) is 16.3. The average molecular weight is 374 g/mol. The molecule has 0 N–H and O–H groups in total. The van der Waals surface area contributed by atoms with Gasteiger partial charge in [0.1, 0.15) is 0 Å². The number of anilines is 1. The van der Waals surface area contributed by atoms with E-state index < -0.39 is 0 Å². The summed E-state index contributed by atoms with van der Waals surface area (Å²) < 4.78 is 5.39. The molecule has 0 spiro atoms. The molecule has 3 aliphatic rings. The Kier molecular flexibility index (Phi) is 5.88. The summed E-state index contributed by atoms with van der Waals surface area (Å²) in [6.45, 7) is 8.92. The van der Waals surface area contributed by atoms with Crippen LogP contribution in [0.25, 0.3) is 0 Å². The summed E-state index contributed by atoms with van der Waals surface area (Å²) in [5.41, 5.74) is 0.956. The predicted octanol–water partition coefficient (Wildman–Crippen LogP) is 1.32. The van der Waals surface area contributed by atoms with E-state index in [4.69, 9.17) is 4.74 Å². The topological polar surface area (TPSA) is 61.8 Å².